The molecule has 0 unspecified atom stereocenters. The Bertz CT molecular complexity index is 890. The zero-order valence-corrected chi connectivity index (χ0v) is 16.6. The van der Waals surface area contributed by atoms with Crippen molar-refractivity contribution in [2.24, 2.45) is 0 Å². The van der Waals surface area contributed by atoms with Crippen molar-refractivity contribution in [1.82, 2.24) is 9.62 Å². The Morgan fingerprint density at radius 3 is 2.25 bits per heavy atom. The van der Waals surface area contributed by atoms with Crippen molar-refractivity contribution in [2.45, 2.75) is 38.3 Å². The summed E-state index contributed by atoms with van der Waals surface area (Å²) >= 11 is 0. The number of hydrogen-bond acceptors (Lipinski definition) is 3. The first-order chi connectivity index (χ1) is 13.5. The molecular formula is C22H26N2O3S. The number of sulfonamides is 1. The van der Waals surface area contributed by atoms with Gasteiger partial charge >= 0.3 is 0 Å². The van der Waals surface area contributed by atoms with E-state index in [1.165, 1.54) is 9.71 Å². The topological polar surface area (TPSA) is 66.5 Å². The minimum absolute atomic E-state index is 0.153. The molecule has 0 atom stereocenters. The molecule has 1 fully saturated rings. The highest BCUT2D eigenvalue weighted by Crippen LogP contribution is 2.18. The average Bonchev–Trinajstić information content (AvgIpc) is 3.20. The van der Waals surface area contributed by atoms with Crippen molar-refractivity contribution >= 4 is 22.0 Å². The van der Waals surface area contributed by atoms with Crippen LogP contribution >= 0.6 is 0 Å². The lowest BCUT2D eigenvalue weighted by molar-refractivity contribution is -0.122. The van der Waals surface area contributed by atoms with Crippen LogP contribution in [0.2, 0.25) is 0 Å². The summed E-state index contributed by atoms with van der Waals surface area (Å²) in [7, 11) is -3.76. The van der Waals surface area contributed by atoms with Crippen molar-refractivity contribution in [1.29, 1.82) is 0 Å². The van der Waals surface area contributed by atoms with Gasteiger partial charge in [-0.3, -0.25) is 4.79 Å². The molecule has 0 spiro atoms. The number of carbonyl (C=O) groups is 1. The van der Waals surface area contributed by atoms with Crippen LogP contribution in [0.25, 0.3) is 6.08 Å². The maximum atomic E-state index is 12.9. The largest absolute Gasteiger partial charge is 0.352 e. The molecule has 0 aliphatic heterocycles. The van der Waals surface area contributed by atoms with E-state index in [1.54, 1.807) is 6.08 Å². The first kappa shape index (κ1) is 20.3. The molecule has 1 amide bonds. The van der Waals surface area contributed by atoms with Crippen molar-refractivity contribution in [3.05, 3.63) is 77.2 Å². The molecule has 1 aliphatic carbocycles. The molecule has 1 saturated carbocycles. The molecule has 3 rings (SSSR count). The van der Waals surface area contributed by atoms with Gasteiger partial charge in [-0.15, -0.1) is 0 Å². The van der Waals surface area contributed by atoms with Crippen molar-refractivity contribution in [3.8, 4) is 0 Å². The van der Waals surface area contributed by atoms with Gasteiger partial charge in [0.2, 0.25) is 15.9 Å². The zero-order valence-electron chi connectivity index (χ0n) is 15.8. The van der Waals surface area contributed by atoms with Gasteiger partial charge in [0, 0.05) is 18.0 Å². The third-order valence-corrected chi connectivity index (χ3v) is 6.29. The Labute approximate surface area is 167 Å². The fourth-order valence-corrected chi connectivity index (χ4v) is 4.47. The first-order valence-corrected chi connectivity index (χ1v) is 11.1. The highest BCUT2D eigenvalue weighted by molar-refractivity contribution is 7.92. The molecule has 0 bridgehead atoms. The molecule has 0 radical (unpaired) electrons. The molecule has 2 aromatic carbocycles. The Balaban J connectivity index is 1.75. The molecule has 6 heteroatoms. The second kappa shape index (κ2) is 9.66. The fraction of sp³-hybridized carbons (Fsp3) is 0.318. The molecule has 0 aromatic heterocycles. The third kappa shape index (κ3) is 6.04. The molecule has 5 nitrogen and oxygen atoms in total. The van der Waals surface area contributed by atoms with Crippen LogP contribution in [0, 0.1) is 0 Å². The molecule has 148 valence electrons. The third-order valence-electron chi connectivity index (χ3n) is 4.83. The van der Waals surface area contributed by atoms with Gasteiger partial charge in [0.1, 0.15) is 0 Å². The SMILES string of the molecule is O=C(CN(Cc1ccccc1)S(=O)(=O)/C=C/c1ccccc1)NC1CCCC1. The predicted octanol–water partition coefficient (Wildman–Crippen LogP) is 3.55. The molecule has 0 saturated heterocycles. The van der Waals surface area contributed by atoms with Crippen molar-refractivity contribution < 1.29 is 13.2 Å². The molecule has 0 heterocycles. The Morgan fingerprint density at radius 2 is 1.61 bits per heavy atom. The number of carbonyl (C=O) groups excluding carboxylic acids is 1. The van der Waals surface area contributed by atoms with E-state index >= 15 is 0 Å². The van der Waals surface area contributed by atoms with Gasteiger partial charge in [0.05, 0.1) is 6.54 Å². The number of amides is 1. The molecule has 1 N–H and O–H groups in total. The average molecular weight is 399 g/mol. The Morgan fingerprint density at radius 1 is 1.00 bits per heavy atom. The fourth-order valence-electron chi connectivity index (χ4n) is 3.34. The van der Waals surface area contributed by atoms with E-state index in [1.807, 2.05) is 60.7 Å². The van der Waals surface area contributed by atoms with Crippen LogP contribution in [0.3, 0.4) is 0 Å². The number of hydrogen-bond donors (Lipinski definition) is 1. The first-order valence-electron chi connectivity index (χ1n) is 9.59. The van der Waals surface area contributed by atoms with Gasteiger partial charge in [-0.2, -0.15) is 4.31 Å². The van der Waals surface area contributed by atoms with Crippen LogP contribution in [0.15, 0.2) is 66.1 Å². The highest BCUT2D eigenvalue weighted by Gasteiger charge is 2.24. The van der Waals surface area contributed by atoms with E-state index < -0.39 is 10.0 Å². The van der Waals surface area contributed by atoms with Crippen LogP contribution in [0.4, 0.5) is 0 Å². The van der Waals surface area contributed by atoms with E-state index in [2.05, 4.69) is 5.32 Å². The standard InChI is InChI=1S/C22H26N2O3S/c25-22(23-21-13-7-8-14-21)18-24(17-20-11-5-2-6-12-20)28(26,27)16-15-19-9-3-1-4-10-19/h1-6,9-12,15-16,21H,7-8,13-14,17-18H2,(H,23,25)/b16-15+. The van der Waals surface area contributed by atoms with E-state index in [4.69, 9.17) is 0 Å². The number of benzene rings is 2. The van der Waals surface area contributed by atoms with Gasteiger partial charge in [0.25, 0.3) is 0 Å². The second-order valence-electron chi connectivity index (χ2n) is 7.06. The minimum atomic E-state index is -3.76. The normalized spacial score (nSPS) is 15.3. The summed E-state index contributed by atoms with van der Waals surface area (Å²) in [6.07, 6.45) is 5.70. The van der Waals surface area contributed by atoms with Gasteiger partial charge in [-0.1, -0.05) is 73.5 Å². The Hall–Kier alpha value is -2.44. The summed E-state index contributed by atoms with van der Waals surface area (Å²) in [5, 5.41) is 4.15. The van der Waals surface area contributed by atoms with Crippen LogP contribution in [0.1, 0.15) is 36.8 Å². The predicted molar refractivity (Wildman–Crippen MR) is 112 cm³/mol. The Kier molecular flexibility index (Phi) is 7.01. The minimum Gasteiger partial charge on any atom is -0.352 e. The van der Waals surface area contributed by atoms with Gasteiger partial charge in [0.15, 0.2) is 0 Å². The quantitative estimate of drug-likeness (QED) is 0.739. The monoisotopic (exact) mass is 398 g/mol. The smallest absolute Gasteiger partial charge is 0.237 e. The van der Waals surface area contributed by atoms with Crippen LogP contribution < -0.4 is 5.32 Å². The lowest BCUT2D eigenvalue weighted by atomic mass is 10.2. The summed E-state index contributed by atoms with van der Waals surface area (Å²) in [6, 6.07) is 18.7. The number of nitrogens with zero attached hydrogens (tertiary/aromatic N) is 1. The van der Waals surface area contributed by atoms with E-state index in [0.29, 0.717) is 0 Å². The summed E-state index contributed by atoms with van der Waals surface area (Å²) in [6.45, 7) is -0.0345. The lowest BCUT2D eigenvalue weighted by Crippen LogP contribution is -2.42. The second-order valence-corrected chi connectivity index (χ2v) is 8.88. The summed E-state index contributed by atoms with van der Waals surface area (Å²) in [5.74, 6) is -0.250. The maximum Gasteiger partial charge on any atom is 0.237 e. The van der Waals surface area contributed by atoms with Crippen LogP contribution in [0.5, 0.6) is 0 Å². The van der Waals surface area contributed by atoms with Gasteiger partial charge in [-0.05, 0) is 30.0 Å². The molecule has 1 aliphatic rings. The maximum absolute atomic E-state index is 12.9. The van der Waals surface area contributed by atoms with Crippen LogP contribution in [-0.2, 0) is 21.4 Å². The van der Waals surface area contributed by atoms with Crippen LogP contribution in [-0.4, -0.2) is 31.2 Å². The van der Waals surface area contributed by atoms with E-state index in [-0.39, 0.29) is 25.0 Å². The molecule has 28 heavy (non-hydrogen) atoms. The van der Waals surface area contributed by atoms with Crippen molar-refractivity contribution in [2.75, 3.05) is 6.54 Å². The van der Waals surface area contributed by atoms with Gasteiger partial charge < -0.3 is 5.32 Å². The van der Waals surface area contributed by atoms with Gasteiger partial charge in [-0.25, -0.2) is 8.42 Å². The summed E-state index contributed by atoms with van der Waals surface area (Å²) in [4.78, 5) is 12.5. The van der Waals surface area contributed by atoms with Crippen molar-refractivity contribution in [3.63, 3.8) is 0 Å². The van der Waals surface area contributed by atoms with E-state index in [0.717, 1.165) is 36.8 Å². The summed E-state index contributed by atoms with van der Waals surface area (Å²) in [5.41, 5.74) is 1.63. The summed E-state index contributed by atoms with van der Waals surface area (Å²) < 4.78 is 27.1. The molecule has 2 aromatic rings. The molecular weight excluding hydrogens is 372 g/mol. The zero-order chi connectivity index (χ0) is 19.8. The van der Waals surface area contributed by atoms with E-state index in [9.17, 15) is 13.2 Å². The lowest BCUT2D eigenvalue weighted by Gasteiger charge is -2.21. The highest BCUT2D eigenvalue weighted by atomic mass is 32.2. The number of nitrogens with one attached hydrogen (secondary N) is 1. The number of rotatable bonds is 8.